The molecular formula is C18H14ClF2N3O3. The Kier molecular flexibility index (Phi) is 4.93. The third-order valence-electron chi connectivity index (χ3n) is 4.00. The molecule has 0 N–H and O–H groups in total. The fourth-order valence-electron chi connectivity index (χ4n) is 2.92. The van der Waals surface area contributed by atoms with Crippen molar-refractivity contribution in [3.8, 4) is 11.3 Å². The lowest BCUT2D eigenvalue weighted by molar-refractivity contribution is 0.0586. The van der Waals surface area contributed by atoms with Gasteiger partial charge in [-0.3, -0.25) is 4.79 Å². The summed E-state index contributed by atoms with van der Waals surface area (Å²) in [7, 11) is 1.18. The van der Waals surface area contributed by atoms with E-state index in [0.29, 0.717) is 0 Å². The molecule has 0 aliphatic rings. The average molecular weight is 394 g/mol. The van der Waals surface area contributed by atoms with Crippen molar-refractivity contribution in [3.63, 3.8) is 0 Å². The molecule has 0 bridgehead atoms. The van der Waals surface area contributed by atoms with E-state index >= 15 is 0 Å². The Morgan fingerprint density at radius 1 is 1.22 bits per heavy atom. The van der Waals surface area contributed by atoms with Gasteiger partial charge in [-0.15, -0.1) is 0 Å². The Hall–Kier alpha value is -2.87. The van der Waals surface area contributed by atoms with Gasteiger partial charge < -0.3 is 9.30 Å². The van der Waals surface area contributed by atoms with Crippen molar-refractivity contribution in [2.45, 2.75) is 19.9 Å². The molecule has 0 amide bonds. The quantitative estimate of drug-likeness (QED) is 0.500. The molecule has 6 nitrogen and oxygen atoms in total. The van der Waals surface area contributed by atoms with Crippen LogP contribution >= 0.6 is 11.6 Å². The van der Waals surface area contributed by atoms with Crippen LogP contribution in [-0.2, 0) is 4.74 Å². The van der Waals surface area contributed by atoms with E-state index in [2.05, 4.69) is 9.97 Å². The Bertz CT molecular complexity index is 1130. The Labute approximate surface area is 157 Å². The lowest BCUT2D eigenvalue weighted by Gasteiger charge is -2.20. The molecule has 0 radical (unpaired) electrons. The average Bonchev–Trinajstić information content (AvgIpc) is 2.61. The summed E-state index contributed by atoms with van der Waals surface area (Å²) >= 11 is 5.72. The first kappa shape index (κ1) is 18.9. The summed E-state index contributed by atoms with van der Waals surface area (Å²) in [6.07, 6.45) is 0.868. The maximum Gasteiger partial charge on any atom is 0.354 e. The number of halogens is 3. The summed E-state index contributed by atoms with van der Waals surface area (Å²) in [5.74, 6) is -2.42. The van der Waals surface area contributed by atoms with Crippen LogP contribution in [0, 0.1) is 11.6 Å². The normalized spacial score (nSPS) is 11.2. The number of esters is 1. The van der Waals surface area contributed by atoms with Crippen molar-refractivity contribution in [1.82, 2.24) is 14.5 Å². The summed E-state index contributed by atoms with van der Waals surface area (Å²) in [4.78, 5) is 31.8. The minimum atomic E-state index is -0.868. The SMILES string of the molecule is COC(=O)c1cc(=O)c2c(F)cc(-c3nc(Cl)ncc3F)cc2n1C(C)C. The molecule has 1 aromatic carbocycles. The highest BCUT2D eigenvalue weighted by Crippen LogP contribution is 2.29. The summed E-state index contributed by atoms with van der Waals surface area (Å²) in [5, 5.41) is -0.433. The van der Waals surface area contributed by atoms with Crippen molar-refractivity contribution < 1.29 is 18.3 Å². The second-order valence-electron chi connectivity index (χ2n) is 6.04. The summed E-state index contributed by atoms with van der Waals surface area (Å²) in [6.45, 7) is 3.51. The molecule has 3 aromatic rings. The number of benzene rings is 1. The number of methoxy groups -OCH3 is 1. The van der Waals surface area contributed by atoms with Gasteiger partial charge in [-0.05, 0) is 37.6 Å². The second-order valence-corrected chi connectivity index (χ2v) is 6.37. The minimum absolute atomic E-state index is 0.0391. The zero-order valence-electron chi connectivity index (χ0n) is 14.6. The maximum atomic E-state index is 14.8. The molecule has 140 valence electrons. The van der Waals surface area contributed by atoms with Gasteiger partial charge in [-0.1, -0.05) is 0 Å². The topological polar surface area (TPSA) is 74.1 Å². The van der Waals surface area contributed by atoms with Crippen LogP contribution in [0.4, 0.5) is 8.78 Å². The third-order valence-corrected chi connectivity index (χ3v) is 4.18. The largest absolute Gasteiger partial charge is 0.464 e. The lowest BCUT2D eigenvalue weighted by atomic mass is 10.1. The molecule has 0 saturated carbocycles. The Balaban J connectivity index is 2.45. The molecule has 0 spiro atoms. The van der Waals surface area contributed by atoms with Crippen molar-refractivity contribution in [2.75, 3.05) is 7.11 Å². The van der Waals surface area contributed by atoms with Crippen LogP contribution in [0.1, 0.15) is 30.4 Å². The maximum absolute atomic E-state index is 14.8. The number of ether oxygens (including phenoxy) is 1. The molecule has 0 fully saturated rings. The van der Waals surface area contributed by atoms with Crippen molar-refractivity contribution in [1.29, 1.82) is 0 Å². The van der Waals surface area contributed by atoms with Gasteiger partial charge in [-0.2, -0.15) is 0 Å². The monoisotopic (exact) mass is 393 g/mol. The van der Waals surface area contributed by atoms with Gasteiger partial charge in [0.15, 0.2) is 11.2 Å². The smallest absolute Gasteiger partial charge is 0.354 e. The molecule has 2 heterocycles. The van der Waals surface area contributed by atoms with Gasteiger partial charge in [0.1, 0.15) is 17.2 Å². The molecule has 3 rings (SSSR count). The number of carbonyl (C=O) groups is 1. The Morgan fingerprint density at radius 2 is 1.93 bits per heavy atom. The first-order chi connectivity index (χ1) is 12.7. The number of hydrogen-bond acceptors (Lipinski definition) is 5. The van der Waals surface area contributed by atoms with Crippen LogP contribution in [0.3, 0.4) is 0 Å². The summed E-state index contributed by atoms with van der Waals surface area (Å²) in [6, 6.07) is 3.08. The van der Waals surface area contributed by atoms with Crippen LogP contribution in [0.25, 0.3) is 22.2 Å². The molecule has 0 aliphatic heterocycles. The molecule has 0 unspecified atom stereocenters. The molecule has 9 heteroatoms. The number of nitrogens with zero attached hydrogens (tertiary/aromatic N) is 3. The molecule has 27 heavy (non-hydrogen) atoms. The summed E-state index contributed by atoms with van der Waals surface area (Å²) < 4.78 is 35.1. The molecule has 0 aliphatic carbocycles. The van der Waals surface area contributed by atoms with Gasteiger partial charge in [0.2, 0.25) is 5.28 Å². The number of rotatable bonds is 3. The highest BCUT2D eigenvalue weighted by molar-refractivity contribution is 6.28. The third kappa shape index (κ3) is 3.28. The van der Waals surface area contributed by atoms with Gasteiger partial charge in [0.05, 0.1) is 24.2 Å². The van der Waals surface area contributed by atoms with Crippen LogP contribution in [0.15, 0.2) is 29.2 Å². The predicted molar refractivity (Wildman–Crippen MR) is 95.9 cm³/mol. The number of pyridine rings is 1. The van der Waals surface area contributed by atoms with Crippen LogP contribution in [-0.4, -0.2) is 27.6 Å². The highest BCUT2D eigenvalue weighted by atomic mass is 35.5. The summed E-state index contributed by atoms with van der Waals surface area (Å²) in [5.41, 5.74) is -0.781. The van der Waals surface area contributed by atoms with Crippen LogP contribution in [0.5, 0.6) is 0 Å². The second kappa shape index (κ2) is 7.03. The lowest BCUT2D eigenvalue weighted by Crippen LogP contribution is -2.21. The number of fused-ring (bicyclic) bond motifs is 1. The number of aromatic nitrogens is 3. The standard InChI is InChI=1S/C18H14ClF2N3O3/c1-8(2)24-12-5-9(16-11(21)7-22-18(19)23-16)4-10(20)15(12)14(25)6-13(24)17(26)27-3/h4-8H,1-3H3. The van der Waals surface area contributed by atoms with Crippen LogP contribution in [0.2, 0.25) is 5.28 Å². The zero-order valence-corrected chi connectivity index (χ0v) is 15.3. The van der Waals surface area contributed by atoms with Gasteiger partial charge in [-0.25, -0.2) is 23.5 Å². The fourth-order valence-corrected chi connectivity index (χ4v) is 3.06. The highest BCUT2D eigenvalue weighted by Gasteiger charge is 2.21. The van der Waals surface area contributed by atoms with Crippen molar-refractivity contribution in [2.24, 2.45) is 0 Å². The first-order valence-corrected chi connectivity index (χ1v) is 8.28. The number of carbonyl (C=O) groups excluding carboxylic acids is 1. The van der Waals surface area contributed by atoms with E-state index in [1.165, 1.54) is 17.7 Å². The van der Waals surface area contributed by atoms with Crippen LogP contribution < -0.4 is 5.43 Å². The zero-order chi connectivity index (χ0) is 19.9. The van der Waals surface area contributed by atoms with Crippen molar-refractivity contribution >= 4 is 28.5 Å². The van der Waals surface area contributed by atoms with E-state index < -0.39 is 23.0 Å². The van der Waals surface area contributed by atoms with E-state index in [9.17, 15) is 18.4 Å². The minimum Gasteiger partial charge on any atom is -0.464 e. The predicted octanol–water partition coefficient (Wildman–Crippen LogP) is 3.76. The molecule has 0 saturated heterocycles. The van der Waals surface area contributed by atoms with Gasteiger partial charge in [0, 0.05) is 17.7 Å². The molecule has 2 aromatic heterocycles. The van der Waals surface area contributed by atoms with Gasteiger partial charge >= 0.3 is 5.97 Å². The first-order valence-electron chi connectivity index (χ1n) is 7.90. The van der Waals surface area contributed by atoms with E-state index in [1.54, 1.807) is 13.8 Å². The van der Waals surface area contributed by atoms with E-state index in [0.717, 1.165) is 18.3 Å². The van der Waals surface area contributed by atoms with E-state index in [1.807, 2.05) is 0 Å². The van der Waals surface area contributed by atoms with E-state index in [4.69, 9.17) is 16.3 Å². The van der Waals surface area contributed by atoms with Gasteiger partial charge in [0.25, 0.3) is 0 Å². The van der Waals surface area contributed by atoms with E-state index in [-0.39, 0.29) is 39.2 Å². The van der Waals surface area contributed by atoms with Crippen molar-refractivity contribution in [3.05, 3.63) is 57.2 Å². The Morgan fingerprint density at radius 3 is 2.56 bits per heavy atom. The fraction of sp³-hybridized carbons (Fsp3) is 0.222. The number of hydrogen-bond donors (Lipinski definition) is 0. The molecule has 0 atom stereocenters. The molecular weight excluding hydrogens is 380 g/mol.